The van der Waals surface area contributed by atoms with Crippen molar-refractivity contribution in [2.75, 3.05) is 0 Å². The monoisotopic (exact) mass is 173 g/mol. The van der Waals surface area contributed by atoms with Crippen molar-refractivity contribution in [1.82, 2.24) is 4.98 Å². The van der Waals surface area contributed by atoms with Gasteiger partial charge in [0.05, 0.1) is 5.69 Å². The largest absolute Gasteiger partial charge is 0.260 e. The van der Waals surface area contributed by atoms with Crippen molar-refractivity contribution < 1.29 is 0 Å². The summed E-state index contributed by atoms with van der Waals surface area (Å²) in [7, 11) is 0. The lowest BCUT2D eigenvalue weighted by molar-refractivity contribution is 0.819. The van der Waals surface area contributed by atoms with Crippen LogP contribution >= 0.6 is 0 Å². The molecule has 1 rings (SSSR count). The summed E-state index contributed by atoms with van der Waals surface area (Å²) in [4.78, 5) is 4.34. The van der Waals surface area contributed by atoms with Crippen LogP contribution in [0.1, 0.15) is 36.6 Å². The van der Waals surface area contributed by atoms with Crippen molar-refractivity contribution in [3.8, 4) is 0 Å². The number of nitrogens with zero attached hydrogens (tertiary/aromatic N) is 1. The van der Waals surface area contributed by atoms with Gasteiger partial charge in [0.1, 0.15) is 0 Å². The maximum absolute atomic E-state index is 4.34. The average Bonchev–Trinajstić information content (AvgIpc) is 2.16. The fourth-order valence-corrected chi connectivity index (χ4v) is 1.37. The number of rotatable bonds is 3. The highest BCUT2D eigenvalue weighted by atomic mass is 14.7. The van der Waals surface area contributed by atoms with Crippen LogP contribution in [0.3, 0.4) is 0 Å². The molecule has 0 aliphatic heterocycles. The number of hydrogen-bond acceptors (Lipinski definition) is 1. The summed E-state index contributed by atoms with van der Waals surface area (Å²) in [5.41, 5.74) is 3.30. The fraction of sp³-hybridized carbons (Fsp3) is 0.250. The van der Waals surface area contributed by atoms with Crippen molar-refractivity contribution in [1.29, 1.82) is 0 Å². The first-order valence-electron chi connectivity index (χ1n) is 4.44. The minimum atomic E-state index is 0.424. The molecule has 0 saturated carbocycles. The lowest BCUT2D eigenvalue weighted by Crippen LogP contribution is -1.97. The first-order chi connectivity index (χ1) is 6.20. The second-order valence-electron chi connectivity index (χ2n) is 3.26. The van der Waals surface area contributed by atoms with Crippen LogP contribution in [0.25, 0.3) is 12.2 Å². The molecule has 0 radical (unpaired) electrons. The van der Waals surface area contributed by atoms with Crippen LogP contribution < -0.4 is 0 Å². The normalized spacial score (nSPS) is 10.1. The van der Waals surface area contributed by atoms with E-state index in [1.165, 1.54) is 0 Å². The molecule has 0 spiro atoms. The van der Waals surface area contributed by atoms with Gasteiger partial charge in [0.25, 0.3) is 0 Å². The second-order valence-corrected chi connectivity index (χ2v) is 3.26. The van der Waals surface area contributed by atoms with Gasteiger partial charge in [-0.1, -0.05) is 39.2 Å². The molecule has 1 heteroatoms. The SMILES string of the molecule is C=Cc1ccnc(C(C)C)c1C=C. The average molecular weight is 173 g/mol. The van der Waals surface area contributed by atoms with Gasteiger partial charge in [-0.05, 0) is 17.5 Å². The summed E-state index contributed by atoms with van der Waals surface area (Å²) in [5, 5.41) is 0. The molecule has 13 heavy (non-hydrogen) atoms. The molecule has 68 valence electrons. The third kappa shape index (κ3) is 1.86. The molecule has 0 amide bonds. The van der Waals surface area contributed by atoms with Gasteiger partial charge in [-0.3, -0.25) is 4.98 Å². The van der Waals surface area contributed by atoms with E-state index in [-0.39, 0.29) is 0 Å². The Kier molecular flexibility index (Phi) is 3.02. The van der Waals surface area contributed by atoms with Gasteiger partial charge in [-0.25, -0.2) is 0 Å². The molecule has 0 aliphatic carbocycles. The van der Waals surface area contributed by atoms with Crippen LogP contribution in [0.15, 0.2) is 25.4 Å². The Labute approximate surface area is 79.8 Å². The van der Waals surface area contributed by atoms with Gasteiger partial charge in [-0.2, -0.15) is 0 Å². The zero-order chi connectivity index (χ0) is 9.84. The molecule has 0 aliphatic rings. The maximum Gasteiger partial charge on any atom is 0.0507 e. The molecule has 1 nitrogen and oxygen atoms in total. The summed E-state index contributed by atoms with van der Waals surface area (Å²) >= 11 is 0. The van der Waals surface area contributed by atoms with E-state index in [1.54, 1.807) is 0 Å². The van der Waals surface area contributed by atoms with E-state index < -0.39 is 0 Å². The summed E-state index contributed by atoms with van der Waals surface area (Å²) in [5.74, 6) is 0.424. The summed E-state index contributed by atoms with van der Waals surface area (Å²) in [6, 6.07) is 1.95. The molecule has 0 saturated heterocycles. The van der Waals surface area contributed by atoms with Crippen LogP contribution in [0, 0.1) is 0 Å². The Morgan fingerprint density at radius 1 is 1.31 bits per heavy atom. The molecule has 0 N–H and O–H groups in total. The Bertz CT molecular complexity index is 324. The highest BCUT2D eigenvalue weighted by molar-refractivity contribution is 5.65. The predicted molar refractivity (Wildman–Crippen MR) is 58.5 cm³/mol. The van der Waals surface area contributed by atoms with Crippen LogP contribution in [-0.2, 0) is 0 Å². The molecule has 0 fully saturated rings. The summed E-state index contributed by atoms with van der Waals surface area (Å²) < 4.78 is 0. The predicted octanol–water partition coefficient (Wildman–Crippen LogP) is 3.49. The van der Waals surface area contributed by atoms with E-state index in [4.69, 9.17) is 0 Å². The Hall–Kier alpha value is -1.37. The highest BCUT2D eigenvalue weighted by Gasteiger charge is 2.07. The van der Waals surface area contributed by atoms with Gasteiger partial charge in [0, 0.05) is 11.8 Å². The Morgan fingerprint density at radius 3 is 2.46 bits per heavy atom. The van der Waals surface area contributed by atoms with Crippen LogP contribution in [0.5, 0.6) is 0 Å². The zero-order valence-electron chi connectivity index (χ0n) is 8.25. The van der Waals surface area contributed by atoms with E-state index in [0.29, 0.717) is 5.92 Å². The first kappa shape index (κ1) is 9.72. The lowest BCUT2D eigenvalue weighted by Gasteiger charge is -2.10. The molecule has 1 aromatic heterocycles. The van der Waals surface area contributed by atoms with Crippen LogP contribution in [-0.4, -0.2) is 4.98 Å². The van der Waals surface area contributed by atoms with Crippen molar-refractivity contribution in [2.24, 2.45) is 0 Å². The highest BCUT2D eigenvalue weighted by Crippen LogP contribution is 2.21. The van der Waals surface area contributed by atoms with Gasteiger partial charge < -0.3 is 0 Å². The van der Waals surface area contributed by atoms with E-state index >= 15 is 0 Å². The molecule has 0 unspecified atom stereocenters. The van der Waals surface area contributed by atoms with E-state index in [2.05, 4.69) is 32.0 Å². The lowest BCUT2D eigenvalue weighted by atomic mass is 9.99. The molecule has 0 atom stereocenters. The quantitative estimate of drug-likeness (QED) is 0.681. The molecular formula is C12H15N. The van der Waals surface area contributed by atoms with Crippen molar-refractivity contribution in [3.05, 3.63) is 42.2 Å². The molecule has 1 heterocycles. The number of pyridine rings is 1. The van der Waals surface area contributed by atoms with Crippen molar-refractivity contribution in [2.45, 2.75) is 19.8 Å². The van der Waals surface area contributed by atoms with E-state index in [9.17, 15) is 0 Å². The molecular weight excluding hydrogens is 158 g/mol. The number of aromatic nitrogens is 1. The number of hydrogen-bond donors (Lipinski definition) is 0. The zero-order valence-corrected chi connectivity index (χ0v) is 8.25. The topological polar surface area (TPSA) is 12.9 Å². The van der Waals surface area contributed by atoms with Crippen molar-refractivity contribution >= 4 is 12.2 Å². The van der Waals surface area contributed by atoms with Gasteiger partial charge in [0.2, 0.25) is 0 Å². The smallest absolute Gasteiger partial charge is 0.0507 e. The second kappa shape index (κ2) is 4.04. The standard InChI is InChI=1S/C12H15N/c1-5-10-7-8-13-12(9(3)4)11(10)6-2/h5-9H,1-2H2,3-4H3. The van der Waals surface area contributed by atoms with Crippen LogP contribution in [0.2, 0.25) is 0 Å². The minimum absolute atomic E-state index is 0.424. The van der Waals surface area contributed by atoms with E-state index in [0.717, 1.165) is 16.8 Å². The minimum Gasteiger partial charge on any atom is -0.260 e. The van der Waals surface area contributed by atoms with Crippen LogP contribution in [0.4, 0.5) is 0 Å². The van der Waals surface area contributed by atoms with Crippen molar-refractivity contribution in [3.63, 3.8) is 0 Å². The van der Waals surface area contributed by atoms with E-state index in [1.807, 2.05) is 24.4 Å². The Morgan fingerprint density at radius 2 is 2.00 bits per heavy atom. The summed E-state index contributed by atoms with van der Waals surface area (Å²) in [6.45, 7) is 11.8. The molecule has 0 aromatic carbocycles. The third-order valence-corrected chi connectivity index (χ3v) is 2.03. The van der Waals surface area contributed by atoms with Gasteiger partial charge in [0.15, 0.2) is 0 Å². The first-order valence-corrected chi connectivity index (χ1v) is 4.44. The third-order valence-electron chi connectivity index (χ3n) is 2.03. The molecule has 0 bridgehead atoms. The Balaban J connectivity index is 3.35. The molecule has 1 aromatic rings. The maximum atomic E-state index is 4.34. The fourth-order valence-electron chi connectivity index (χ4n) is 1.37. The van der Waals surface area contributed by atoms with Gasteiger partial charge >= 0.3 is 0 Å². The van der Waals surface area contributed by atoms with Gasteiger partial charge in [-0.15, -0.1) is 0 Å². The summed E-state index contributed by atoms with van der Waals surface area (Å²) in [6.07, 6.45) is 5.50.